The second-order valence-corrected chi connectivity index (χ2v) is 7.77. The number of likely N-dealkylation sites (tertiary alicyclic amines) is 1. The Kier molecular flexibility index (Phi) is 6.10. The highest BCUT2D eigenvalue weighted by molar-refractivity contribution is 5.81. The van der Waals surface area contributed by atoms with Crippen molar-refractivity contribution in [2.24, 2.45) is 5.92 Å². The summed E-state index contributed by atoms with van der Waals surface area (Å²) in [5.74, 6) is -0.496. The summed E-state index contributed by atoms with van der Waals surface area (Å²) in [6, 6.07) is 9.33. The minimum atomic E-state index is -1.50. The van der Waals surface area contributed by atoms with Crippen molar-refractivity contribution in [2.45, 2.75) is 43.8 Å². The zero-order valence-electron chi connectivity index (χ0n) is 14.6. The van der Waals surface area contributed by atoms with Crippen LogP contribution in [-0.2, 0) is 15.1 Å². The number of esters is 1. The Bertz CT molecular complexity index is 557. The van der Waals surface area contributed by atoms with Gasteiger partial charge in [0.1, 0.15) is 6.54 Å². The molecule has 5 heteroatoms. The van der Waals surface area contributed by atoms with E-state index in [0.29, 0.717) is 5.56 Å². The van der Waals surface area contributed by atoms with Crippen LogP contribution < -0.4 is 17.0 Å². The van der Waals surface area contributed by atoms with Gasteiger partial charge in [0.15, 0.2) is 11.7 Å². The fraction of sp³-hybridized carbons (Fsp3) is 0.632. The van der Waals surface area contributed by atoms with Crippen LogP contribution in [0, 0.1) is 5.92 Å². The van der Waals surface area contributed by atoms with E-state index in [-0.39, 0.29) is 29.0 Å². The maximum Gasteiger partial charge on any atom is 0.343 e. The Morgan fingerprint density at radius 3 is 2.33 bits per heavy atom. The molecule has 2 fully saturated rings. The molecule has 1 saturated heterocycles. The van der Waals surface area contributed by atoms with E-state index < -0.39 is 11.6 Å². The maximum absolute atomic E-state index is 12.9. The van der Waals surface area contributed by atoms with Gasteiger partial charge >= 0.3 is 5.97 Å². The number of hydrogen-bond acceptors (Lipinski definition) is 3. The average Bonchev–Trinajstić information content (AvgIpc) is 3.17. The molecule has 0 amide bonds. The van der Waals surface area contributed by atoms with E-state index in [9.17, 15) is 9.90 Å². The summed E-state index contributed by atoms with van der Waals surface area (Å²) in [5, 5.41) is 11.4. The third kappa shape index (κ3) is 3.84. The molecule has 0 unspecified atom stereocenters. The number of carbonyl (C=O) groups is 1. The predicted octanol–water partition coefficient (Wildman–Crippen LogP) is -0.540. The Morgan fingerprint density at radius 1 is 1.17 bits per heavy atom. The van der Waals surface area contributed by atoms with E-state index in [1.165, 1.54) is 0 Å². The zero-order valence-corrected chi connectivity index (χ0v) is 16.2. The monoisotopic (exact) mass is 397 g/mol. The molecule has 1 aromatic rings. The molecule has 1 aliphatic carbocycles. The Balaban J connectivity index is 0.00000208. The van der Waals surface area contributed by atoms with Crippen molar-refractivity contribution >= 4 is 5.97 Å². The van der Waals surface area contributed by atoms with Gasteiger partial charge in [-0.05, 0) is 18.4 Å². The fourth-order valence-electron chi connectivity index (χ4n) is 4.12. The third-order valence-corrected chi connectivity index (χ3v) is 5.50. The van der Waals surface area contributed by atoms with Gasteiger partial charge in [-0.25, -0.2) is 4.79 Å². The number of quaternary nitrogens is 1. The van der Waals surface area contributed by atoms with Gasteiger partial charge in [-0.1, -0.05) is 43.2 Å². The molecule has 1 aromatic carbocycles. The first-order chi connectivity index (χ1) is 10.9. The van der Waals surface area contributed by atoms with Crippen LogP contribution in [0.2, 0.25) is 0 Å². The van der Waals surface area contributed by atoms with Gasteiger partial charge < -0.3 is 31.3 Å². The summed E-state index contributed by atoms with van der Waals surface area (Å²) in [5.41, 5.74) is -0.832. The molecule has 0 bridgehead atoms. The van der Waals surface area contributed by atoms with E-state index in [4.69, 9.17) is 4.74 Å². The molecule has 2 atom stereocenters. The molecule has 1 heterocycles. The first kappa shape index (κ1) is 19.4. The summed E-state index contributed by atoms with van der Waals surface area (Å²) in [7, 11) is 4.29. The van der Waals surface area contributed by atoms with Crippen molar-refractivity contribution in [1.29, 1.82) is 0 Å². The normalized spacial score (nSPS) is 25.7. The second-order valence-electron chi connectivity index (χ2n) is 7.77. The van der Waals surface area contributed by atoms with Crippen LogP contribution in [0.15, 0.2) is 30.3 Å². The summed E-state index contributed by atoms with van der Waals surface area (Å²) in [4.78, 5) is 12.9. The summed E-state index contributed by atoms with van der Waals surface area (Å²) in [6.07, 6.45) is 4.68. The molecule has 24 heavy (non-hydrogen) atoms. The number of likely N-dealkylation sites (N-methyl/N-ethyl adjacent to an activating group) is 1. The molecule has 1 N–H and O–H groups in total. The molecule has 4 nitrogen and oxygen atoms in total. The Labute approximate surface area is 155 Å². The highest BCUT2D eigenvalue weighted by Crippen LogP contribution is 2.42. The van der Waals surface area contributed by atoms with Crippen LogP contribution in [0.1, 0.15) is 37.7 Å². The summed E-state index contributed by atoms with van der Waals surface area (Å²) in [6.45, 7) is 1.83. The molecular formula is C19H28BrNO3. The molecule has 1 aliphatic heterocycles. The maximum atomic E-state index is 12.9. The molecule has 2 aliphatic rings. The topological polar surface area (TPSA) is 46.5 Å². The minimum Gasteiger partial charge on any atom is -1.00 e. The lowest BCUT2D eigenvalue weighted by Crippen LogP contribution is -3.00. The molecule has 134 valence electrons. The van der Waals surface area contributed by atoms with Gasteiger partial charge in [0.05, 0.1) is 20.6 Å². The summed E-state index contributed by atoms with van der Waals surface area (Å²) >= 11 is 0. The van der Waals surface area contributed by atoms with Gasteiger partial charge in [-0.3, -0.25) is 0 Å². The van der Waals surface area contributed by atoms with E-state index in [1.54, 1.807) is 0 Å². The van der Waals surface area contributed by atoms with E-state index in [2.05, 4.69) is 14.1 Å². The van der Waals surface area contributed by atoms with Crippen LogP contribution in [0.5, 0.6) is 0 Å². The summed E-state index contributed by atoms with van der Waals surface area (Å²) < 4.78 is 6.64. The van der Waals surface area contributed by atoms with Crippen molar-refractivity contribution in [2.75, 3.05) is 27.2 Å². The first-order valence-electron chi connectivity index (χ1n) is 8.73. The number of carbonyl (C=O) groups excluding carboxylic acids is 1. The number of halogens is 1. The van der Waals surface area contributed by atoms with Crippen molar-refractivity contribution in [3.8, 4) is 0 Å². The van der Waals surface area contributed by atoms with E-state index in [0.717, 1.165) is 49.7 Å². The fourth-order valence-corrected chi connectivity index (χ4v) is 4.12. The van der Waals surface area contributed by atoms with Crippen LogP contribution >= 0.6 is 0 Å². The van der Waals surface area contributed by atoms with Crippen molar-refractivity contribution in [3.05, 3.63) is 35.9 Å². The van der Waals surface area contributed by atoms with Gasteiger partial charge in [-0.15, -0.1) is 0 Å². The van der Waals surface area contributed by atoms with E-state index in [1.807, 2.05) is 30.3 Å². The number of aliphatic hydroxyl groups is 1. The van der Waals surface area contributed by atoms with Gasteiger partial charge in [-0.2, -0.15) is 0 Å². The Hall–Kier alpha value is -0.910. The lowest BCUT2D eigenvalue weighted by molar-refractivity contribution is -0.879. The smallest absolute Gasteiger partial charge is 0.343 e. The first-order valence-corrected chi connectivity index (χ1v) is 8.73. The predicted molar refractivity (Wildman–Crippen MR) is 88.6 cm³/mol. The quantitative estimate of drug-likeness (QED) is 0.548. The second kappa shape index (κ2) is 7.54. The van der Waals surface area contributed by atoms with E-state index >= 15 is 0 Å². The van der Waals surface area contributed by atoms with Crippen molar-refractivity contribution in [1.82, 2.24) is 0 Å². The largest absolute Gasteiger partial charge is 1.00 e. The highest BCUT2D eigenvalue weighted by atomic mass is 79.9. The zero-order chi connectivity index (χ0) is 16.5. The SMILES string of the molecule is C[N+]1(C)CC[C@H](OC(=O)[C@](O)(c2ccccc2)C2CCCC2)C1.[Br-]. The highest BCUT2D eigenvalue weighted by Gasteiger charge is 2.49. The lowest BCUT2D eigenvalue weighted by atomic mass is 9.80. The number of hydrogen-bond donors (Lipinski definition) is 1. The third-order valence-electron chi connectivity index (χ3n) is 5.50. The molecule has 0 radical (unpaired) electrons. The van der Waals surface area contributed by atoms with Gasteiger partial charge in [0.25, 0.3) is 0 Å². The van der Waals surface area contributed by atoms with Crippen molar-refractivity contribution < 1.29 is 36.1 Å². The minimum absolute atomic E-state index is 0. The van der Waals surface area contributed by atoms with Gasteiger partial charge in [0, 0.05) is 12.3 Å². The molecule has 1 saturated carbocycles. The molecule has 0 aromatic heterocycles. The molecule has 3 rings (SSSR count). The number of benzene rings is 1. The Morgan fingerprint density at radius 2 is 1.79 bits per heavy atom. The number of ether oxygens (including phenoxy) is 1. The van der Waals surface area contributed by atoms with Crippen molar-refractivity contribution in [3.63, 3.8) is 0 Å². The van der Waals surface area contributed by atoms with Crippen LogP contribution in [0.3, 0.4) is 0 Å². The standard InChI is InChI=1S/C19H28NO3.BrH/c1-20(2)13-12-17(14-20)23-18(21)19(22,16-10-6-7-11-16)15-8-4-3-5-9-15;/h3-5,8-9,16-17,22H,6-7,10-14H2,1-2H3;1H/q+1;/p-1/t17-,19-;/m0./s1. The number of rotatable bonds is 4. The van der Waals surface area contributed by atoms with Gasteiger partial charge in [0.2, 0.25) is 0 Å². The average molecular weight is 398 g/mol. The molecular weight excluding hydrogens is 370 g/mol. The van der Waals surface area contributed by atoms with Crippen LogP contribution in [0.25, 0.3) is 0 Å². The van der Waals surface area contributed by atoms with Crippen LogP contribution in [-0.4, -0.2) is 48.8 Å². The van der Waals surface area contributed by atoms with Crippen LogP contribution in [0.4, 0.5) is 0 Å². The number of nitrogens with zero attached hydrogens (tertiary/aromatic N) is 1. The lowest BCUT2D eigenvalue weighted by Gasteiger charge is -2.33. The molecule has 0 spiro atoms.